The number of benzene rings is 1. The van der Waals surface area contributed by atoms with E-state index in [1.54, 1.807) is 18.2 Å². The van der Waals surface area contributed by atoms with Crippen molar-refractivity contribution in [2.45, 2.75) is 30.8 Å². The lowest BCUT2D eigenvalue weighted by atomic mass is 9.83. The molecule has 2 rings (SSSR count). The maximum absolute atomic E-state index is 11.9. The van der Waals surface area contributed by atoms with Crippen LogP contribution in [0.25, 0.3) is 0 Å². The van der Waals surface area contributed by atoms with E-state index in [2.05, 4.69) is 0 Å². The monoisotopic (exact) mass is 322 g/mol. The Hall–Kier alpha value is -2.22. The van der Waals surface area contributed by atoms with Gasteiger partial charge in [0.2, 0.25) is 0 Å². The van der Waals surface area contributed by atoms with Crippen LogP contribution >= 0.6 is 0 Å². The first-order valence-electron chi connectivity index (χ1n) is 7.01. The molecule has 0 saturated carbocycles. The summed E-state index contributed by atoms with van der Waals surface area (Å²) in [6, 6.07) is 8.08. The molecule has 0 aliphatic heterocycles. The highest BCUT2D eigenvalue weighted by Crippen LogP contribution is 2.27. The summed E-state index contributed by atoms with van der Waals surface area (Å²) in [6.45, 7) is 0.491. The molecule has 3 N–H and O–H groups in total. The van der Waals surface area contributed by atoms with Crippen molar-refractivity contribution in [2.24, 2.45) is 0 Å². The first kappa shape index (κ1) is 17.1. The standard InChI is InChI=1S/C16H18O7/c1-10(17)23-12-7-8-13(18)16(21,14(12)19)9-22-15(20)11-5-3-2-4-6-11/h2-8,12-14,18-19,21H,9H2,1H3/t12-,13-,14+,16+/m0/s1. The number of carbonyl (C=O) groups is 2. The molecule has 0 amide bonds. The third-order valence-electron chi connectivity index (χ3n) is 3.56. The molecule has 1 aliphatic carbocycles. The second kappa shape index (κ2) is 6.91. The van der Waals surface area contributed by atoms with Gasteiger partial charge in [-0.05, 0) is 18.2 Å². The fourth-order valence-corrected chi connectivity index (χ4v) is 2.25. The van der Waals surface area contributed by atoms with E-state index >= 15 is 0 Å². The van der Waals surface area contributed by atoms with E-state index < -0.39 is 42.5 Å². The zero-order valence-electron chi connectivity index (χ0n) is 12.5. The molecule has 1 aromatic rings. The second-order valence-electron chi connectivity index (χ2n) is 5.28. The Bertz CT molecular complexity index is 598. The molecule has 1 aromatic carbocycles. The van der Waals surface area contributed by atoms with E-state index in [-0.39, 0.29) is 5.56 Å². The van der Waals surface area contributed by atoms with E-state index in [0.29, 0.717) is 0 Å². The highest BCUT2D eigenvalue weighted by molar-refractivity contribution is 5.89. The number of carbonyl (C=O) groups excluding carboxylic acids is 2. The van der Waals surface area contributed by atoms with Crippen molar-refractivity contribution in [1.29, 1.82) is 0 Å². The predicted octanol–water partition coefficient (Wildman–Crippen LogP) is -0.202. The highest BCUT2D eigenvalue weighted by atomic mass is 16.6. The van der Waals surface area contributed by atoms with E-state index in [9.17, 15) is 24.9 Å². The van der Waals surface area contributed by atoms with Crippen LogP contribution in [0.4, 0.5) is 0 Å². The summed E-state index contributed by atoms with van der Waals surface area (Å²) in [5.74, 6) is -1.37. The molecular weight excluding hydrogens is 304 g/mol. The predicted molar refractivity (Wildman–Crippen MR) is 78.4 cm³/mol. The van der Waals surface area contributed by atoms with E-state index in [4.69, 9.17) is 9.47 Å². The first-order valence-corrected chi connectivity index (χ1v) is 7.01. The van der Waals surface area contributed by atoms with Crippen LogP contribution < -0.4 is 0 Å². The van der Waals surface area contributed by atoms with Crippen LogP contribution in [0.15, 0.2) is 42.5 Å². The molecule has 23 heavy (non-hydrogen) atoms. The lowest BCUT2D eigenvalue weighted by Crippen LogP contribution is -2.61. The molecule has 1 aliphatic rings. The zero-order chi connectivity index (χ0) is 17.0. The number of aliphatic hydroxyl groups excluding tert-OH is 2. The number of ether oxygens (including phenoxy) is 2. The van der Waals surface area contributed by atoms with Crippen molar-refractivity contribution < 1.29 is 34.4 Å². The van der Waals surface area contributed by atoms with Crippen molar-refractivity contribution in [2.75, 3.05) is 6.61 Å². The minimum atomic E-state index is -2.18. The first-order chi connectivity index (χ1) is 10.8. The molecule has 4 atom stereocenters. The number of hydrogen-bond donors (Lipinski definition) is 3. The molecule has 0 bridgehead atoms. The number of rotatable bonds is 4. The van der Waals surface area contributed by atoms with Crippen LogP contribution in [0, 0.1) is 0 Å². The van der Waals surface area contributed by atoms with Gasteiger partial charge in [-0.25, -0.2) is 4.79 Å². The number of aliphatic hydroxyl groups is 3. The van der Waals surface area contributed by atoms with Crippen molar-refractivity contribution in [3.05, 3.63) is 48.0 Å². The van der Waals surface area contributed by atoms with Gasteiger partial charge in [0, 0.05) is 6.92 Å². The molecule has 0 saturated heterocycles. The third-order valence-corrected chi connectivity index (χ3v) is 3.56. The van der Waals surface area contributed by atoms with Gasteiger partial charge >= 0.3 is 11.9 Å². The van der Waals surface area contributed by atoms with Gasteiger partial charge in [-0.3, -0.25) is 4.79 Å². The Morgan fingerprint density at radius 2 is 1.83 bits per heavy atom. The van der Waals surface area contributed by atoms with Gasteiger partial charge in [-0.1, -0.05) is 24.3 Å². The SMILES string of the molecule is CC(=O)O[C@H]1C=C[C@H](O)[C@](O)(COC(=O)c2ccccc2)[C@@H]1O. The van der Waals surface area contributed by atoms with E-state index in [0.717, 1.165) is 6.92 Å². The molecule has 0 unspecified atom stereocenters. The minimum absolute atomic E-state index is 0.267. The second-order valence-corrected chi connectivity index (χ2v) is 5.28. The van der Waals surface area contributed by atoms with Gasteiger partial charge in [0.15, 0.2) is 5.60 Å². The third kappa shape index (κ3) is 3.76. The zero-order valence-corrected chi connectivity index (χ0v) is 12.5. The van der Waals surface area contributed by atoms with Gasteiger partial charge in [-0.15, -0.1) is 0 Å². The van der Waals surface area contributed by atoms with Crippen molar-refractivity contribution in [3.63, 3.8) is 0 Å². The molecule has 0 aromatic heterocycles. The summed E-state index contributed by atoms with van der Waals surface area (Å²) in [7, 11) is 0. The summed E-state index contributed by atoms with van der Waals surface area (Å²) in [5.41, 5.74) is -1.91. The van der Waals surface area contributed by atoms with Crippen LogP contribution in [0.3, 0.4) is 0 Å². The van der Waals surface area contributed by atoms with Crippen LogP contribution in [0.1, 0.15) is 17.3 Å². The Kier molecular flexibility index (Phi) is 5.15. The Morgan fingerprint density at radius 3 is 2.43 bits per heavy atom. The normalized spacial score (nSPS) is 29.8. The van der Waals surface area contributed by atoms with Crippen molar-refractivity contribution >= 4 is 11.9 Å². The van der Waals surface area contributed by atoms with Gasteiger partial charge < -0.3 is 24.8 Å². The highest BCUT2D eigenvalue weighted by Gasteiger charge is 2.50. The lowest BCUT2D eigenvalue weighted by molar-refractivity contribution is -0.194. The van der Waals surface area contributed by atoms with Crippen LogP contribution in [-0.2, 0) is 14.3 Å². The quantitative estimate of drug-likeness (QED) is 0.519. The van der Waals surface area contributed by atoms with E-state index in [1.165, 1.54) is 24.3 Å². The van der Waals surface area contributed by atoms with Gasteiger partial charge in [0.1, 0.15) is 24.9 Å². The van der Waals surface area contributed by atoms with Gasteiger partial charge in [0.05, 0.1) is 5.56 Å². The summed E-state index contributed by atoms with van der Waals surface area (Å²) in [5, 5.41) is 30.5. The van der Waals surface area contributed by atoms with Gasteiger partial charge in [0.25, 0.3) is 0 Å². The topological polar surface area (TPSA) is 113 Å². The van der Waals surface area contributed by atoms with Crippen molar-refractivity contribution in [3.8, 4) is 0 Å². The molecule has 124 valence electrons. The molecule has 0 fully saturated rings. The number of esters is 2. The molecule has 0 radical (unpaired) electrons. The minimum Gasteiger partial charge on any atom is -0.459 e. The Balaban J connectivity index is 2.08. The summed E-state index contributed by atoms with van der Waals surface area (Å²) in [4.78, 5) is 22.9. The molecular formula is C16H18O7. The summed E-state index contributed by atoms with van der Waals surface area (Å²) in [6.07, 6.45) is -1.82. The number of hydrogen-bond acceptors (Lipinski definition) is 7. The Morgan fingerprint density at radius 1 is 1.17 bits per heavy atom. The maximum atomic E-state index is 11.9. The fourth-order valence-electron chi connectivity index (χ4n) is 2.25. The smallest absolute Gasteiger partial charge is 0.338 e. The van der Waals surface area contributed by atoms with Crippen LogP contribution in [-0.4, -0.2) is 57.8 Å². The van der Waals surface area contributed by atoms with Gasteiger partial charge in [-0.2, -0.15) is 0 Å². The molecule has 7 heteroatoms. The molecule has 7 nitrogen and oxygen atoms in total. The van der Waals surface area contributed by atoms with Crippen LogP contribution in [0.5, 0.6) is 0 Å². The summed E-state index contributed by atoms with van der Waals surface area (Å²) >= 11 is 0. The molecule has 0 spiro atoms. The molecule has 0 heterocycles. The van der Waals surface area contributed by atoms with Crippen LogP contribution in [0.2, 0.25) is 0 Å². The Labute approximate surface area is 132 Å². The average Bonchev–Trinajstić information content (AvgIpc) is 2.54. The maximum Gasteiger partial charge on any atom is 0.338 e. The fraction of sp³-hybridized carbons (Fsp3) is 0.375. The lowest BCUT2D eigenvalue weighted by Gasteiger charge is -2.40. The average molecular weight is 322 g/mol. The summed E-state index contributed by atoms with van der Waals surface area (Å²) < 4.78 is 9.83. The largest absolute Gasteiger partial charge is 0.459 e. The van der Waals surface area contributed by atoms with E-state index in [1.807, 2.05) is 0 Å². The van der Waals surface area contributed by atoms with Crippen molar-refractivity contribution in [1.82, 2.24) is 0 Å².